The SMILES string of the molecule is C=Cc1ccccc1.CC.CC(CC1C(=O)OC(=O)C1C)c1ccccc1.O=C(OOC(=O)c1ccccc1)c1ccccc1.O=C1C=CC(=O)O1. The third kappa shape index (κ3) is 14.6. The molecular weight excluding hydrogens is 664 g/mol. The van der Waals surface area contributed by atoms with E-state index in [2.05, 4.69) is 32.8 Å². The number of carbonyl (C=O) groups is 6. The minimum atomic E-state index is -0.708. The van der Waals surface area contributed by atoms with Crippen LogP contribution in [0.1, 0.15) is 71.9 Å². The van der Waals surface area contributed by atoms with E-state index in [-0.39, 0.29) is 29.7 Å². The molecule has 2 heterocycles. The van der Waals surface area contributed by atoms with E-state index in [1.165, 1.54) is 11.1 Å². The molecule has 0 N–H and O–H groups in total. The summed E-state index contributed by atoms with van der Waals surface area (Å²) in [6.07, 6.45) is 4.67. The molecule has 2 aliphatic rings. The quantitative estimate of drug-likeness (QED) is 0.0836. The van der Waals surface area contributed by atoms with Crippen LogP contribution >= 0.6 is 0 Å². The maximum absolute atomic E-state index is 11.5. The number of cyclic esters (lactones) is 4. The minimum Gasteiger partial charge on any atom is -0.393 e. The molecule has 52 heavy (non-hydrogen) atoms. The Kier molecular flexibility index (Phi) is 18.5. The molecule has 0 aromatic heterocycles. The zero-order valence-electron chi connectivity index (χ0n) is 29.5. The van der Waals surface area contributed by atoms with Gasteiger partial charge in [-0.1, -0.05) is 137 Å². The van der Waals surface area contributed by atoms with Gasteiger partial charge < -0.3 is 9.47 Å². The van der Waals surface area contributed by atoms with Crippen LogP contribution in [0.3, 0.4) is 0 Å². The Morgan fingerprint density at radius 2 is 1.06 bits per heavy atom. The summed E-state index contributed by atoms with van der Waals surface area (Å²) in [4.78, 5) is 74.5. The highest BCUT2D eigenvalue weighted by atomic mass is 17.2. The summed E-state index contributed by atoms with van der Waals surface area (Å²) in [7, 11) is 0. The molecule has 0 radical (unpaired) electrons. The normalized spacial score (nSPS) is 15.5. The summed E-state index contributed by atoms with van der Waals surface area (Å²) in [5.74, 6) is -3.69. The molecule has 4 aromatic rings. The maximum atomic E-state index is 11.5. The Balaban J connectivity index is 0.000000253. The zero-order valence-corrected chi connectivity index (χ0v) is 29.5. The van der Waals surface area contributed by atoms with Gasteiger partial charge in [-0.15, -0.1) is 0 Å². The predicted octanol–water partition coefficient (Wildman–Crippen LogP) is 8.11. The van der Waals surface area contributed by atoms with E-state index in [0.717, 1.165) is 12.2 Å². The van der Waals surface area contributed by atoms with Crippen molar-refractivity contribution >= 4 is 41.9 Å². The lowest BCUT2D eigenvalue weighted by molar-refractivity contribution is -0.187. The molecular formula is C42H42O10. The standard InChI is InChI=1S/C14H10O4.C14H16O3.C8H8.C4H2O3.C2H6/c15-13(11-7-3-1-4-8-11)17-18-14(16)12-9-5-2-6-10-12;1-9(11-6-4-3-5-7-11)8-12-10(2)13(15)17-14(12)16;1-2-8-6-4-3-5-7-8;5-3-1-2-4(6)7-3;1-2/h1-10H;3-7,9-10,12H,8H2,1-2H3;2-7H,1H2;1-2H;1-2H3. The average Bonchev–Trinajstić information content (AvgIpc) is 3.70. The van der Waals surface area contributed by atoms with Gasteiger partial charge >= 0.3 is 35.8 Å². The van der Waals surface area contributed by atoms with E-state index >= 15 is 0 Å². The van der Waals surface area contributed by atoms with Crippen LogP contribution in [-0.4, -0.2) is 35.8 Å². The van der Waals surface area contributed by atoms with Crippen LogP contribution in [0.15, 0.2) is 140 Å². The number of rotatable bonds is 6. The highest BCUT2D eigenvalue weighted by Gasteiger charge is 2.41. The first kappa shape index (κ1) is 41.7. The van der Waals surface area contributed by atoms with Crippen molar-refractivity contribution in [3.63, 3.8) is 0 Å². The largest absolute Gasteiger partial charge is 0.393 e. The molecule has 6 rings (SSSR count). The lowest BCUT2D eigenvalue weighted by Crippen LogP contribution is -2.17. The summed E-state index contributed by atoms with van der Waals surface area (Å²) < 4.78 is 8.62. The van der Waals surface area contributed by atoms with Crippen molar-refractivity contribution in [3.8, 4) is 0 Å². The fourth-order valence-electron chi connectivity index (χ4n) is 4.45. The van der Waals surface area contributed by atoms with Crippen LogP contribution in [0.2, 0.25) is 0 Å². The van der Waals surface area contributed by atoms with E-state index in [9.17, 15) is 28.8 Å². The summed E-state index contributed by atoms with van der Waals surface area (Å²) in [5, 5.41) is 0. The van der Waals surface area contributed by atoms with Crippen molar-refractivity contribution in [1.82, 2.24) is 0 Å². The second kappa shape index (κ2) is 23.1. The highest BCUT2D eigenvalue weighted by molar-refractivity contribution is 6.05. The van der Waals surface area contributed by atoms with E-state index in [1.54, 1.807) is 67.6 Å². The van der Waals surface area contributed by atoms with E-state index in [0.29, 0.717) is 17.5 Å². The number of hydrogen-bond donors (Lipinski definition) is 0. The molecule has 0 saturated carbocycles. The summed E-state index contributed by atoms with van der Waals surface area (Å²) in [5.41, 5.74) is 3.00. The highest BCUT2D eigenvalue weighted by Crippen LogP contribution is 2.32. The molecule has 4 aromatic carbocycles. The number of hydrogen-bond acceptors (Lipinski definition) is 10. The summed E-state index contributed by atoms with van der Waals surface area (Å²) in [6, 6.07) is 36.6. The van der Waals surface area contributed by atoms with Gasteiger partial charge in [0.2, 0.25) is 0 Å². The van der Waals surface area contributed by atoms with Crippen LogP contribution in [0.25, 0.3) is 6.08 Å². The van der Waals surface area contributed by atoms with Gasteiger partial charge in [0.15, 0.2) is 0 Å². The van der Waals surface area contributed by atoms with E-state index < -0.39 is 23.9 Å². The molecule has 10 heteroatoms. The van der Waals surface area contributed by atoms with Crippen LogP contribution < -0.4 is 0 Å². The van der Waals surface area contributed by atoms with Gasteiger partial charge in [0, 0.05) is 12.2 Å². The van der Waals surface area contributed by atoms with Crippen molar-refractivity contribution in [1.29, 1.82) is 0 Å². The molecule has 1 fully saturated rings. The van der Waals surface area contributed by atoms with Crippen LogP contribution in [-0.2, 0) is 38.4 Å². The molecule has 2 aliphatic heterocycles. The molecule has 270 valence electrons. The smallest absolute Gasteiger partial charge is 0.386 e. The predicted molar refractivity (Wildman–Crippen MR) is 195 cm³/mol. The van der Waals surface area contributed by atoms with Crippen molar-refractivity contribution in [2.45, 2.75) is 40.0 Å². The summed E-state index contributed by atoms with van der Waals surface area (Å²) >= 11 is 0. The Bertz CT molecular complexity index is 1700. The van der Waals surface area contributed by atoms with Crippen LogP contribution in [0.5, 0.6) is 0 Å². The van der Waals surface area contributed by atoms with Crippen molar-refractivity contribution < 1.29 is 48.0 Å². The lowest BCUT2D eigenvalue weighted by atomic mass is 9.85. The zero-order chi connectivity index (χ0) is 38.3. The van der Waals surface area contributed by atoms with Gasteiger partial charge in [-0.3, -0.25) is 9.59 Å². The fraction of sp³-hybridized carbons (Fsp3) is 0.190. The van der Waals surface area contributed by atoms with Crippen molar-refractivity contribution in [2.24, 2.45) is 11.8 Å². The monoisotopic (exact) mass is 706 g/mol. The van der Waals surface area contributed by atoms with Gasteiger partial charge in [-0.25, -0.2) is 29.0 Å². The lowest BCUT2D eigenvalue weighted by Gasteiger charge is -2.16. The molecule has 10 nitrogen and oxygen atoms in total. The van der Waals surface area contributed by atoms with Crippen molar-refractivity contribution in [2.75, 3.05) is 0 Å². The molecule has 3 unspecified atom stereocenters. The van der Waals surface area contributed by atoms with Crippen molar-refractivity contribution in [3.05, 3.63) is 162 Å². The number of benzene rings is 4. The Morgan fingerprint density at radius 1 is 0.654 bits per heavy atom. The van der Waals surface area contributed by atoms with Crippen LogP contribution in [0.4, 0.5) is 0 Å². The van der Waals surface area contributed by atoms with Crippen LogP contribution in [0, 0.1) is 11.8 Å². The first-order valence-electron chi connectivity index (χ1n) is 16.5. The summed E-state index contributed by atoms with van der Waals surface area (Å²) in [6.45, 7) is 11.5. The number of ether oxygens (including phenoxy) is 2. The first-order valence-corrected chi connectivity index (χ1v) is 16.5. The Hall–Kier alpha value is -6.42. The molecule has 0 bridgehead atoms. The maximum Gasteiger partial charge on any atom is 0.386 e. The first-order chi connectivity index (χ1) is 25.1. The average molecular weight is 707 g/mol. The van der Waals surface area contributed by atoms with Gasteiger partial charge in [0.25, 0.3) is 0 Å². The Morgan fingerprint density at radius 3 is 1.38 bits per heavy atom. The third-order valence-electron chi connectivity index (χ3n) is 7.26. The van der Waals surface area contributed by atoms with Gasteiger partial charge in [0.05, 0.1) is 23.0 Å². The van der Waals surface area contributed by atoms with Gasteiger partial charge in [-0.05, 0) is 47.7 Å². The molecule has 0 aliphatic carbocycles. The van der Waals surface area contributed by atoms with E-state index in [1.807, 2.05) is 80.6 Å². The molecule has 3 atom stereocenters. The van der Waals surface area contributed by atoms with Gasteiger partial charge in [0.1, 0.15) is 0 Å². The second-order valence-electron chi connectivity index (χ2n) is 10.8. The Labute approximate surface area is 303 Å². The topological polar surface area (TPSA) is 139 Å². The minimum absolute atomic E-state index is 0.252. The van der Waals surface area contributed by atoms with Gasteiger partial charge in [-0.2, -0.15) is 0 Å². The molecule has 0 amide bonds. The van der Waals surface area contributed by atoms with E-state index in [4.69, 9.17) is 0 Å². The number of carbonyl (C=O) groups excluding carboxylic acids is 6. The second-order valence-corrected chi connectivity index (χ2v) is 10.8. The number of esters is 4. The molecule has 1 saturated heterocycles. The third-order valence-corrected chi connectivity index (χ3v) is 7.26. The molecule has 0 spiro atoms. The fourth-order valence-corrected chi connectivity index (χ4v) is 4.45.